The predicted molar refractivity (Wildman–Crippen MR) is 160 cm³/mol. The molecule has 1 aliphatic heterocycles. The molecule has 0 bridgehead atoms. The Kier molecular flexibility index (Phi) is 9.00. The van der Waals surface area contributed by atoms with Gasteiger partial charge in [0.1, 0.15) is 11.5 Å². The van der Waals surface area contributed by atoms with Crippen LogP contribution in [-0.4, -0.2) is 41.6 Å². The smallest absolute Gasteiger partial charge is 0.220 e. The zero-order valence-electron chi connectivity index (χ0n) is 23.4. The van der Waals surface area contributed by atoms with Gasteiger partial charge in [0.05, 0.1) is 5.52 Å². The van der Waals surface area contributed by atoms with E-state index in [-0.39, 0.29) is 11.8 Å². The second kappa shape index (κ2) is 13.0. The zero-order valence-corrected chi connectivity index (χ0v) is 23.4. The molecule has 204 valence electrons. The van der Waals surface area contributed by atoms with Crippen molar-refractivity contribution in [3.05, 3.63) is 95.7 Å². The Bertz CT molecular complexity index is 1370. The van der Waals surface area contributed by atoms with Gasteiger partial charge >= 0.3 is 0 Å². The van der Waals surface area contributed by atoms with Crippen molar-refractivity contribution in [2.24, 2.45) is 0 Å². The van der Waals surface area contributed by atoms with E-state index in [0.717, 1.165) is 49.7 Å². The van der Waals surface area contributed by atoms with Crippen LogP contribution < -0.4 is 10.1 Å². The number of hydrogen-bond donors (Lipinski definition) is 1. The van der Waals surface area contributed by atoms with E-state index in [2.05, 4.69) is 65.2 Å². The first-order valence-corrected chi connectivity index (χ1v) is 14.6. The van der Waals surface area contributed by atoms with Crippen molar-refractivity contribution in [1.29, 1.82) is 0 Å². The van der Waals surface area contributed by atoms with Gasteiger partial charge in [0.25, 0.3) is 0 Å². The quantitative estimate of drug-likeness (QED) is 0.227. The van der Waals surface area contributed by atoms with Crippen molar-refractivity contribution in [2.75, 3.05) is 26.2 Å². The standard InChI is InChI=1S/C34H41N3O2/c1-3-26-13-12-18-30-32(25-37(4-2)34(26)30)31(24-33(38)35-19-22-36-20-9-6-10-21-36)27-14-11-17-29(23-27)39-28-15-7-5-8-16-28/h5,7-8,11-18,23,25,31H,3-4,6,9-10,19-22,24H2,1-2H3,(H,35,38). The number of nitrogens with zero attached hydrogens (tertiary/aromatic N) is 2. The lowest BCUT2D eigenvalue weighted by molar-refractivity contribution is -0.121. The highest BCUT2D eigenvalue weighted by Gasteiger charge is 2.24. The summed E-state index contributed by atoms with van der Waals surface area (Å²) in [5, 5.41) is 4.46. The van der Waals surface area contributed by atoms with E-state index in [9.17, 15) is 4.79 Å². The average molecular weight is 524 g/mol. The minimum absolute atomic E-state index is 0.0817. The van der Waals surface area contributed by atoms with Crippen LogP contribution in [0.15, 0.2) is 79.0 Å². The Balaban J connectivity index is 1.44. The molecule has 4 aromatic rings. The number of aryl methyl sites for hydroxylation is 2. The number of ether oxygens (including phenoxy) is 1. The van der Waals surface area contributed by atoms with Crippen LogP contribution in [0.1, 0.15) is 62.1 Å². The molecule has 1 aliphatic rings. The number of carbonyl (C=O) groups excluding carboxylic acids is 1. The van der Waals surface area contributed by atoms with E-state index in [4.69, 9.17) is 4.74 Å². The van der Waals surface area contributed by atoms with Crippen LogP contribution in [0.3, 0.4) is 0 Å². The van der Waals surface area contributed by atoms with Crippen LogP contribution >= 0.6 is 0 Å². The topological polar surface area (TPSA) is 46.5 Å². The Hall–Kier alpha value is -3.57. The average Bonchev–Trinajstić information content (AvgIpc) is 3.36. The molecule has 1 amide bonds. The summed E-state index contributed by atoms with van der Waals surface area (Å²) in [6, 6.07) is 24.7. The summed E-state index contributed by atoms with van der Waals surface area (Å²) in [4.78, 5) is 15.9. The van der Waals surface area contributed by atoms with Gasteiger partial charge in [0.15, 0.2) is 0 Å². The molecule has 0 saturated carbocycles. The van der Waals surface area contributed by atoms with Crippen LogP contribution in [0.25, 0.3) is 10.9 Å². The van der Waals surface area contributed by atoms with Gasteiger partial charge in [0, 0.05) is 43.6 Å². The first kappa shape index (κ1) is 27.0. The van der Waals surface area contributed by atoms with Gasteiger partial charge in [-0.2, -0.15) is 0 Å². The number of likely N-dealkylation sites (tertiary alicyclic amines) is 1. The summed E-state index contributed by atoms with van der Waals surface area (Å²) in [7, 11) is 0. The molecule has 0 spiro atoms. The van der Waals surface area contributed by atoms with Crippen molar-refractivity contribution < 1.29 is 9.53 Å². The second-order valence-electron chi connectivity index (χ2n) is 10.5. The Labute approximate surface area is 232 Å². The van der Waals surface area contributed by atoms with Gasteiger partial charge in [-0.1, -0.05) is 61.9 Å². The summed E-state index contributed by atoms with van der Waals surface area (Å²) < 4.78 is 8.52. The number of carbonyl (C=O) groups is 1. The molecule has 5 nitrogen and oxygen atoms in total. The van der Waals surface area contributed by atoms with Gasteiger partial charge in [-0.25, -0.2) is 0 Å². The highest BCUT2D eigenvalue weighted by molar-refractivity contribution is 5.89. The molecule has 0 aliphatic carbocycles. The fraction of sp³-hybridized carbons (Fsp3) is 0.382. The lowest BCUT2D eigenvalue weighted by Gasteiger charge is -2.26. The van der Waals surface area contributed by atoms with Crippen LogP contribution in [0.2, 0.25) is 0 Å². The van der Waals surface area contributed by atoms with Gasteiger partial charge < -0.3 is 19.5 Å². The first-order valence-electron chi connectivity index (χ1n) is 14.6. The maximum Gasteiger partial charge on any atom is 0.220 e. The SMILES string of the molecule is CCc1cccc2c(C(CC(=O)NCCN3CCCCC3)c3cccc(Oc4ccccc4)c3)cn(CC)c12. The molecular formula is C34H41N3O2. The highest BCUT2D eigenvalue weighted by Crippen LogP contribution is 2.37. The number of aromatic nitrogens is 1. The molecule has 1 aromatic heterocycles. The third-order valence-electron chi connectivity index (χ3n) is 7.94. The maximum absolute atomic E-state index is 13.4. The summed E-state index contributed by atoms with van der Waals surface area (Å²) in [5.41, 5.74) is 4.91. The molecule has 5 rings (SSSR count). The second-order valence-corrected chi connectivity index (χ2v) is 10.5. The van der Waals surface area contributed by atoms with Crippen LogP contribution in [0, 0.1) is 0 Å². The zero-order chi connectivity index (χ0) is 27.0. The molecular weight excluding hydrogens is 482 g/mol. The van der Waals surface area contributed by atoms with E-state index in [1.807, 2.05) is 42.5 Å². The summed E-state index contributed by atoms with van der Waals surface area (Å²) >= 11 is 0. The van der Waals surface area contributed by atoms with Crippen molar-refractivity contribution in [3.63, 3.8) is 0 Å². The number of para-hydroxylation sites is 2. The van der Waals surface area contributed by atoms with Crippen molar-refractivity contribution in [1.82, 2.24) is 14.8 Å². The van der Waals surface area contributed by atoms with E-state index >= 15 is 0 Å². The van der Waals surface area contributed by atoms with Crippen molar-refractivity contribution in [2.45, 2.75) is 58.4 Å². The minimum atomic E-state index is -0.0817. The fourth-order valence-corrected chi connectivity index (χ4v) is 5.90. The van der Waals surface area contributed by atoms with Crippen molar-refractivity contribution >= 4 is 16.8 Å². The molecule has 1 atom stereocenters. The van der Waals surface area contributed by atoms with E-state index in [0.29, 0.717) is 13.0 Å². The van der Waals surface area contributed by atoms with Crippen LogP contribution in [0.5, 0.6) is 11.5 Å². The molecule has 39 heavy (non-hydrogen) atoms. The summed E-state index contributed by atoms with van der Waals surface area (Å²) in [5.74, 6) is 1.59. The molecule has 5 heteroatoms. The van der Waals surface area contributed by atoms with E-state index < -0.39 is 0 Å². The van der Waals surface area contributed by atoms with Crippen LogP contribution in [-0.2, 0) is 17.8 Å². The van der Waals surface area contributed by atoms with E-state index in [1.54, 1.807) is 0 Å². The summed E-state index contributed by atoms with van der Waals surface area (Å²) in [6.45, 7) is 9.18. The molecule has 1 unspecified atom stereocenters. The predicted octanol–water partition coefficient (Wildman–Crippen LogP) is 7.14. The molecule has 3 aromatic carbocycles. The maximum atomic E-state index is 13.4. The van der Waals surface area contributed by atoms with Gasteiger partial charge in [-0.05, 0) is 80.2 Å². The lowest BCUT2D eigenvalue weighted by Crippen LogP contribution is -2.38. The Morgan fingerprint density at radius 3 is 2.46 bits per heavy atom. The largest absolute Gasteiger partial charge is 0.457 e. The van der Waals surface area contributed by atoms with Gasteiger partial charge in [-0.15, -0.1) is 0 Å². The molecule has 1 saturated heterocycles. The number of hydrogen-bond acceptors (Lipinski definition) is 3. The first-order chi connectivity index (χ1) is 19.2. The number of nitrogens with one attached hydrogen (secondary N) is 1. The number of rotatable bonds is 11. The fourth-order valence-electron chi connectivity index (χ4n) is 5.90. The summed E-state index contributed by atoms with van der Waals surface area (Å²) in [6.07, 6.45) is 7.48. The molecule has 2 heterocycles. The van der Waals surface area contributed by atoms with Gasteiger partial charge in [0.2, 0.25) is 5.91 Å². The number of benzene rings is 3. The number of piperidine rings is 1. The van der Waals surface area contributed by atoms with Gasteiger partial charge in [-0.3, -0.25) is 4.79 Å². The van der Waals surface area contributed by atoms with Crippen molar-refractivity contribution in [3.8, 4) is 11.5 Å². The molecule has 0 radical (unpaired) electrons. The molecule has 1 N–H and O–H groups in total. The molecule has 1 fully saturated rings. The Morgan fingerprint density at radius 1 is 0.923 bits per heavy atom. The highest BCUT2D eigenvalue weighted by atomic mass is 16.5. The number of amides is 1. The monoisotopic (exact) mass is 523 g/mol. The van der Waals surface area contributed by atoms with E-state index in [1.165, 1.54) is 41.3 Å². The number of fused-ring (bicyclic) bond motifs is 1. The van der Waals surface area contributed by atoms with Crippen LogP contribution in [0.4, 0.5) is 0 Å². The normalized spacial score (nSPS) is 14.8. The third kappa shape index (κ3) is 6.54. The Morgan fingerprint density at radius 2 is 1.69 bits per heavy atom. The minimum Gasteiger partial charge on any atom is -0.457 e. The lowest BCUT2D eigenvalue weighted by atomic mass is 9.87. The third-order valence-corrected chi connectivity index (χ3v) is 7.94.